The maximum atomic E-state index is 5.26. The van der Waals surface area contributed by atoms with E-state index >= 15 is 0 Å². The minimum atomic E-state index is 0.957. The molecule has 5 aromatic heterocycles. The molecule has 0 aliphatic rings. The van der Waals surface area contributed by atoms with Gasteiger partial charge >= 0.3 is 0 Å². The summed E-state index contributed by atoms with van der Waals surface area (Å²) in [6.45, 7) is 0. The zero-order valence-electron chi connectivity index (χ0n) is 27.4. The Morgan fingerprint density at radius 3 is 1.73 bits per heavy atom. The summed E-state index contributed by atoms with van der Waals surface area (Å²) in [5.41, 5.74) is 12.2. The summed E-state index contributed by atoms with van der Waals surface area (Å²) in [5.74, 6) is 0. The Bertz CT molecular complexity index is 3130. The molecule has 0 fully saturated rings. The van der Waals surface area contributed by atoms with Gasteiger partial charge in [0.2, 0.25) is 0 Å². The molecule has 0 bridgehead atoms. The van der Waals surface area contributed by atoms with Gasteiger partial charge in [0.25, 0.3) is 0 Å². The maximum absolute atomic E-state index is 5.26. The molecule has 0 N–H and O–H groups in total. The van der Waals surface area contributed by atoms with Crippen LogP contribution in [0.4, 0.5) is 0 Å². The van der Waals surface area contributed by atoms with Gasteiger partial charge in [-0.25, -0.2) is 4.98 Å². The normalized spacial score (nSPS) is 11.9. The number of para-hydroxylation sites is 4. The Kier molecular flexibility index (Phi) is 6.09. The van der Waals surface area contributed by atoms with Crippen LogP contribution in [0, 0.1) is 0 Å². The van der Waals surface area contributed by atoms with Crippen LogP contribution in [0.1, 0.15) is 0 Å². The lowest BCUT2D eigenvalue weighted by atomic mass is 10.1. The van der Waals surface area contributed by atoms with Gasteiger partial charge in [0.1, 0.15) is 0 Å². The van der Waals surface area contributed by atoms with Crippen LogP contribution in [0.3, 0.4) is 0 Å². The molecule has 238 valence electrons. The van der Waals surface area contributed by atoms with E-state index in [2.05, 4.69) is 173 Å². The van der Waals surface area contributed by atoms with Gasteiger partial charge in [-0.2, -0.15) is 0 Å². The van der Waals surface area contributed by atoms with Crippen molar-refractivity contribution in [2.75, 3.05) is 0 Å². The molecular formula is C46H28N4S. The van der Waals surface area contributed by atoms with Crippen LogP contribution < -0.4 is 0 Å². The summed E-state index contributed by atoms with van der Waals surface area (Å²) in [6, 6.07) is 58.5. The van der Waals surface area contributed by atoms with Crippen LogP contribution >= 0.6 is 11.3 Å². The van der Waals surface area contributed by atoms with Gasteiger partial charge < -0.3 is 9.13 Å². The third-order valence-corrected chi connectivity index (χ3v) is 11.3. The molecule has 0 amide bonds. The van der Waals surface area contributed by atoms with Crippen LogP contribution in [-0.4, -0.2) is 19.1 Å². The van der Waals surface area contributed by atoms with Crippen molar-refractivity contribution in [3.63, 3.8) is 0 Å². The molecule has 0 radical (unpaired) electrons. The van der Waals surface area contributed by atoms with Gasteiger partial charge in [0.05, 0.1) is 43.7 Å². The number of rotatable bonds is 4. The molecule has 6 aromatic carbocycles. The third-order valence-electron chi connectivity index (χ3n) is 10.2. The van der Waals surface area contributed by atoms with Gasteiger partial charge in [-0.3, -0.25) is 4.98 Å². The summed E-state index contributed by atoms with van der Waals surface area (Å²) >= 11 is 1.78. The molecule has 0 aliphatic heterocycles. The van der Waals surface area contributed by atoms with E-state index in [0.29, 0.717) is 0 Å². The molecular weight excluding hydrogens is 641 g/mol. The van der Waals surface area contributed by atoms with E-state index in [1.807, 2.05) is 6.20 Å². The number of thiophene rings is 1. The van der Waals surface area contributed by atoms with E-state index in [4.69, 9.17) is 9.97 Å². The number of aromatic nitrogens is 4. The number of hydrogen-bond acceptors (Lipinski definition) is 3. The first-order valence-corrected chi connectivity index (χ1v) is 18.0. The first-order valence-electron chi connectivity index (χ1n) is 17.2. The number of pyridine rings is 2. The van der Waals surface area contributed by atoms with E-state index < -0.39 is 0 Å². The van der Waals surface area contributed by atoms with Crippen LogP contribution in [0.25, 0.3) is 97.8 Å². The summed E-state index contributed by atoms with van der Waals surface area (Å²) in [4.78, 5) is 10.3. The van der Waals surface area contributed by atoms with Gasteiger partial charge in [0.15, 0.2) is 0 Å². The van der Waals surface area contributed by atoms with Gasteiger partial charge in [-0.15, -0.1) is 11.3 Å². The average Bonchev–Trinajstić information content (AvgIpc) is 3.85. The highest BCUT2D eigenvalue weighted by Crippen LogP contribution is 2.39. The fourth-order valence-corrected chi connectivity index (χ4v) is 8.89. The highest BCUT2D eigenvalue weighted by molar-refractivity contribution is 7.25. The summed E-state index contributed by atoms with van der Waals surface area (Å²) in [5, 5.41) is 6.03. The third kappa shape index (κ3) is 4.32. The van der Waals surface area contributed by atoms with Crippen molar-refractivity contribution in [1.82, 2.24) is 19.1 Å². The molecule has 0 unspecified atom stereocenters. The number of hydrogen-bond donors (Lipinski definition) is 0. The zero-order valence-corrected chi connectivity index (χ0v) is 28.2. The van der Waals surface area contributed by atoms with E-state index in [-0.39, 0.29) is 0 Å². The fourth-order valence-electron chi connectivity index (χ4n) is 7.83. The smallest absolute Gasteiger partial charge is 0.0911 e. The SMILES string of the molecule is c1ccc(-n2c3ccccc3c3cc(-c4cc5sc6ccc(-c7ccc8c9ccccc9n(-c9ccccc9)c8c7)nc6c5cn4)ccc32)cc1. The fraction of sp³-hybridized carbons (Fsp3) is 0. The van der Waals surface area contributed by atoms with Crippen molar-refractivity contribution in [1.29, 1.82) is 0 Å². The summed E-state index contributed by atoms with van der Waals surface area (Å²) < 4.78 is 7.05. The van der Waals surface area contributed by atoms with Crippen molar-refractivity contribution in [2.45, 2.75) is 0 Å². The molecule has 4 nitrogen and oxygen atoms in total. The molecule has 11 aromatic rings. The average molecular weight is 669 g/mol. The minimum absolute atomic E-state index is 0.957. The first kappa shape index (κ1) is 28.3. The highest BCUT2D eigenvalue weighted by atomic mass is 32.1. The summed E-state index contributed by atoms with van der Waals surface area (Å²) in [7, 11) is 0. The van der Waals surface area contributed by atoms with Crippen molar-refractivity contribution >= 4 is 75.3 Å². The largest absolute Gasteiger partial charge is 0.309 e. The van der Waals surface area contributed by atoms with Gasteiger partial charge in [-0.1, -0.05) is 91.0 Å². The Hall–Kier alpha value is -6.56. The molecule has 11 rings (SSSR count). The van der Waals surface area contributed by atoms with Gasteiger partial charge in [0, 0.05) is 60.3 Å². The number of fused-ring (bicyclic) bond motifs is 9. The van der Waals surface area contributed by atoms with Crippen molar-refractivity contribution in [3.05, 3.63) is 170 Å². The van der Waals surface area contributed by atoms with Crippen LogP contribution in [0.5, 0.6) is 0 Å². The van der Waals surface area contributed by atoms with E-state index in [1.165, 1.54) is 48.3 Å². The predicted molar refractivity (Wildman–Crippen MR) is 214 cm³/mol. The Labute approximate surface area is 297 Å². The Morgan fingerprint density at radius 2 is 0.980 bits per heavy atom. The van der Waals surface area contributed by atoms with Crippen molar-refractivity contribution in [2.24, 2.45) is 0 Å². The predicted octanol–water partition coefficient (Wildman–Crippen LogP) is 12.4. The van der Waals surface area contributed by atoms with Crippen LogP contribution in [0.2, 0.25) is 0 Å². The second kappa shape index (κ2) is 11.0. The Balaban J connectivity index is 1.02. The number of nitrogens with zero attached hydrogens (tertiary/aromatic N) is 4. The van der Waals surface area contributed by atoms with E-state index in [9.17, 15) is 0 Å². The first-order chi connectivity index (χ1) is 25.3. The molecule has 0 saturated heterocycles. The maximum Gasteiger partial charge on any atom is 0.0911 e. The monoisotopic (exact) mass is 668 g/mol. The Morgan fingerprint density at radius 1 is 0.392 bits per heavy atom. The molecule has 5 heterocycles. The highest BCUT2D eigenvalue weighted by Gasteiger charge is 2.17. The lowest BCUT2D eigenvalue weighted by Crippen LogP contribution is -1.93. The van der Waals surface area contributed by atoms with Gasteiger partial charge in [-0.05, 0) is 72.8 Å². The lowest BCUT2D eigenvalue weighted by Gasteiger charge is -2.08. The van der Waals surface area contributed by atoms with Crippen LogP contribution in [-0.2, 0) is 0 Å². The topological polar surface area (TPSA) is 35.6 Å². The second-order valence-electron chi connectivity index (χ2n) is 13.1. The molecule has 5 heteroatoms. The molecule has 0 spiro atoms. The second-order valence-corrected chi connectivity index (χ2v) is 14.1. The zero-order chi connectivity index (χ0) is 33.5. The standard InChI is InChI=1S/C46H28N4S/c1-3-11-31(12-4-1)49-41-18-10-8-16-34(41)36-25-29(20-23-42(36)49)39-27-45-37(28-47-39)46-44(51-45)24-22-38(48-46)30-19-21-35-33-15-7-9-17-40(33)50(43(35)26-30)32-13-5-2-6-14-32/h1-28H. The molecule has 0 atom stereocenters. The van der Waals surface area contributed by atoms with Crippen molar-refractivity contribution < 1.29 is 0 Å². The minimum Gasteiger partial charge on any atom is -0.309 e. The quantitative estimate of drug-likeness (QED) is 0.187. The number of benzene rings is 6. The molecule has 0 aliphatic carbocycles. The summed E-state index contributed by atoms with van der Waals surface area (Å²) in [6.07, 6.45) is 2.01. The van der Waals surface area contributed by atoms with E-state index in [1.54, 1.807) is 11.3 Å². The van der Waals surface area contributed by atoms with Crippen molar-refractivity contribution in [3.8, 4) is 33.9 Å². The molecule has 51 heavy (non-hydrogen) atoms. The molecule has 0 saturated carbocycles. The van der Waals surface area contributed by atoms with E-state index in [0.717, 1.165) is 49.5 Å². The van der Waals surface area contributed by atoms with Crippen LogP contribution in [0.15, 0.2) is 170 Å². The lowest BCUT2D eigenvalue weighted by molar-refractivity contribution is 1.18.